The monoisotopic (exact) mass is 399 g/mol. The fraction of sp³-hybridized carbons (Fsp3) is 0.238. The number of aryl methyl sites for hydroxylation is 1. The minimum absolute atomic E-state index is 0.0500. The summed E-state index contributed by atoms with van der Waals surface area (Å²) >= 11 is 7.60. The smallest absolute Gasteiger partial charge is 0.224 e. The van der Waals surface area contributed by atoms with Crippen molar-refractivity contribution in [3.05, 3.63) is 80.8 Å². The zero-order valence-corrected chi connectivity index (χ0v) is 16.7. The van der Waals surface area contributed by atoms with E-state index in [-0.39, 0.29) is 18.4 Å². The van der Waals surface area contributed by atoms with Crippen molar-refractivity contribution in [3.63, 3.8) is 0 Å². The van der Waals surface area contributed by atoms with Crippen molar-refractivity contribution < 1.29 is 4.79 Å². The molecule has 6 heteroatoms. The van der Waals surface area contributed by atoms with Gasteiger partial charge in [0.25, 0.3) is 0 Å². The van der Waals surface area contributed by atoms with Crippen LogP contribution in [0.25, 0.3) is 0 Å². The molecule has 1 aromatic heterocycles. The molecule has 0 aliphatic rings. The Labute approximate surface area is 168 Å². The SMILES string of the molecule is CCc1csc(C(Cc2ccc(N)cc2)NC(=O)Cc2cccc(Cl)c2)n1. The van der Waals surface area contributed by atoms with Crippen LogP contribution in [0.5, 0.6) is 0 Å². The Morgan fingerprint density at radius 3 is 2.67 bits per heavy atom. The van der Waals surface area contributed by atoms with Crippen LogP contribution in [-0.2, 0) is 24.1 Å². The lowest BCUT2D eigenvalue weighted by atomic mass is 10.0. The van der Waals surface area contributed by atoms with Crippen LogP contribution >= 0.6 is 22.9 Å². The first-order valence-corrected chi connectivity index (χ1v) is 10.1. The number of benzene rings is 2. The molecule has 3 aromatic rings. The highest BCUT2D eigenvalue weighted by molar-refractivity contribution is 7.09. The van der Waals surface area contributed by atoms with E-state index in [1.165, 1.54) is 0 Å². The Bertz CT molecular complexity index is 908. The van der Waals surface area contributed by atoms with Crippen molar-refractivity contribution in [3.8, 4) is 0 Å². The summed E-state index contributed by atoms with van der Waals surface area (Å²) in [6.45, 7) is 2.07. The summed E-state index contributed by atoms with van der Waals surface area (Å²) in [6, 6.07) is 14.9. The second-order valence-corrected chi connectivity index (χ2v) is 7.73. The Balaban J connectivity index is 1.76. The van der Waals surface area contributed by atoms with Crippen molar-refractivity contribution in [1.29, 1.82) is 0 Å². The largest absolute Gasteiger partial charge is 0.399 e. The van der Waals surface area contributed by atoms with E-state index >= 15 is 0 Å². The average molecular weight is 400 g/mol. The highest BCUT2D eigenvalue weighted by Gasteiger charge is 2.19. The van der Waals surface area contributed by atoms with Crippen LogP contribution in [0.15, 0.2) is 53.9 Å². The molecule has 0 saturated carbocycles. The Morgan fingerprint density at radius 1 is 1.22 bits per heavy atom. The van der Waals surface area contributed by atoms with Crippen molar-refractivity contribution in [2.45, 2.75) is 32.2 Å². The van der Waals surface area contributed by atoms with Gasteiger partial charge in [0.2, 0.25) is 5.91 Å². The van der Waals surface area contributed by atoms with Gasteiger partial charge in [0, 0.05) is 16.1 Å². The molecule has 1 heterocycles. The molecule has 0 fully saturated rings. The van der Waals surface area contributed by atoms with Crippen LogP contribution in [0.2, 0.25) is 5.02 Å². The van der Waals surface area contributed by atoms with Gasteiger partial charge in [0.1, 0.15) is 5.01 Å². The molecule has 0 aliphatic heterocycles. The molecule has 2 aromatic carbocycles. The number of nitrogens with one attached hydrogen (secondary N) is 1. The van der Waals surface area contributed by atoms with Crippen molar-refractivity contribution in [2.24, 2.45) is 0 Å². The van der Waals surface area contributed by atoms with E-state index < -0.39 is 0 Å². The molecular formula is C21H22ClN3OS. The second kappa shape index (κ2) is 9.02. The fourth-order valence-electron chi connectivity index (χ4n) is 2.81. The van der Waals surface area contributed by atoms with E-state index in [4.69, 9.17) is 17.3 Å². The predicted molar refractivity (Wildman–Crippen MR) is 112 cm³/mol. The summed E-state index contributed by atoms with van der Waals surface area (Å²) in [6.07, 6.45) is 1.82. The number of carbonyl (C=O) groups excluding carboxylic acids is 1. The van der Waals surface area contributed by atoms with Crippen LogP contribution < -0.4 is 11.1 Å². The number of amides is 1. The molecular weight excluding hydrogens is 378 g/mol. The van der Waals surface area contributed by atoms with Gasteiger partial charge in [-0.15, -0.1) is 11.3 Å². The van der Waals surface area contributed by atoms with Gasteiger partial charge in [-0.1, -0.05) is 42.8 Å². The van der Waals surface area contributed by atoms with Crippen molar-refractivity contribution in [1.82, 2.24) is 10.3 Å². The van der Waals surface area contributed by atoms with Gasteiger partial charge in [-0.05, 0) is 48.2 Å². The number of nitrogen functional groups attached to an aromatic ring is 1. The Hall–Kier alpha value is -2.37. The minimum Gasteiger partial charge on any atom is -0.399 e. The minimum atomic E-state index is -0.175. The molecule has 1 unspecified atom stereocenters. The van der Waals surface area contributed by atoms with Gasteiger partial charge in [-0.3, -0.25) is 4.79 Å². The molecule has 3 N–H and O–H groups in total. The molecule has 1 atom stereocenters. The number of nitrogens with two attached hydrogens (primary N) is 1. The van der Waals surface area contributed by atoms with Crippen molar-refractivity contribution >= 4 is 34.5 Å². The molecule has 0 spiro atoms. The molecule has 0 bridgehead atoms. The number of hydrogen-bond donors (Lipinski definition) is 2. The second-order valence-electron chi connectivity index (χ2n) is 6.40. The molecule has 27 heavy (non-hydrogen) atoms. The molecule has 0 aliphatic carbocycles. The zero-order chi connectivity index (χ0) is 19.2. The van der Waals surface area contributed by atoms with Crippen LogP contribution in [0.1, 0.15) is 34.8 Å². The van der Waals surface area contributed by atoms with Crippen LogP contribution in [-0.4, -0.2) is 10.9 Å². The van der Waals surface area contributed by atoms with Crippen molar-refractivity contribution in [2.75, 3.05) is 5.73 Å². The lowest BCUT2D eigenvalue weighted by Crippen LogP contribution is -2.31. The molecule has 0 saturated heterocycles. The van der Waals surface area contributed by atoms with Gasteiger partial charge >= 0.3 is 0 Å². The van der Waals surface area contributed by atoms with Crippen LogP contribution in [0.4, 0.5) is 5.69 Å². The summed E-state index contributed by atoms with van der Waals surface area (Å²) in [7, 11) is 0. The topological polar surface area (TPSA) is 68.0 Å². The summed E-state index contributed by atoms with van der Waals surface area (Å²) in [5.41, 5.74) is 9.54. The maximum absolute atomic E-state index is 12.6. The first-order chi connectivity index (χ1) is 13.0. The third-order valence-electron chi connectivity index (χ3n) is 4.24. The van der Waals surface area contributed by atoms with E-state index in [0.29, 0.717) is 11.4 Å². The summed E-state index contributed by atoms with van der Waals surface area (Å²) < 4.78 is 0. The van der Waals surface area contributed by atoms with E-state index in [2.05, 4.69) is 22.6 Å². The summed E-state index contributed by atoms with van der Waals surface area (Å²) in [5.74, 6) is -0.0500. The lowest BCUT2D eigenvalue weighted by Gasteiger charge is -2.17. The predicted octanol–water partition coefficient (Wildman–Crippen LogP) is 4.58. The number of anilines is 1. The number of thiazole rings is 1. The third kappa shape index (κ3) is 5.55. The van der Waals surface area contributed by atoms with Crippen LogP contribution in [0.3, 0.4) is 0 Å². The maximum atomic E-state index is 12.6. The highest BCUT2D eigenvalue weighted by Crippen LogP contribution is 2.23. The highest BCUT2D eigenvalue weighted by atomic mass is 35.5. The Kier molecular flexibility index (Phi) is 6.48. The first-order valence-electron chi connectivity index (χ1n) is 8.86. The first kappa shape index (κ1) is 19.4. The number of halogens is 1. The number of hydrogen-bond acceptors (Lipinski definition) is 4. The van der Waals surface area contributed by atoms with Gasteiger partial charge in [0.05, 0.1) is 18.2 Å². The van der Waals surface area contributed by atoms with Crippen LogP contribution in [0, 0.1) is 0 Å². The lowest BCUT2D eigenvalue weighted by molar-refractivity contribution is -0.121. The van der Waals surface area contributed by atoms with Gasteiger partial charge in [-0.2, -0.15) is 0 Å². The number of rotatable bonds is 7. The molecule has 3 rings (SSSR count). The Morgan fingerprint density at radius 2 is 2.00 bits per heavy atom. The number of carbonyl (C=O) groups is 1. The van der Waals surface area contributed by atoms with Gasteiger partial charge in [0.15, 0.2) is 0 Å². The molecule has 140 valence electrons. The number of aromatic nitrogens is 1. The molecule has 4 nitrogen and oxygen atoms in total. The van der Waals surface area contributed by atoms with E-state index in [0.717, 1.165) is 33.9 Å². The van der Waals surface area contributed by atoms with E-state index in [1.54, 1.807) is 17.4 Å². The fourth-order valence-corrected chi connectivity index (χ4v) is 3.98. The standard InChI is InChI=1S/C21H22ClN3OS/c1-2-18-13-27-21(24-18)19(11-14-6-8-17(23)9-7-14)25-20(26)12-15-4-3-5-16(22)10-15/h3-10,13,19H,2,11-12,23H2,1H3,(H,25,26). The summed E-state index contributed by atoms with van der Waals surface area (Å²) in [5, 5.41) is 6.74. The van der Waals surface area contributed by atoms with E-state index in [9.17, 15) is 4.79 Å². The molecule has 0 radical (unpaired) electrons. The normalized spacial score (nSPS) is 11.9. The van der Waals surface area contributed by atoms with E-state index in [1.807, 2.05) is 42.5 Å². The summed E-state index contributed by atoms with van der Waals surface area (Å²) in [4.78, 5) is 17.3. The quantitative estimate of drug-likeness (QED) is 0.571. The number of nitrogens with zero attached hydrogens (tertiary/aromatic N) is 1. The van der Waals surface area contributed by atoms with Gasteiger partial charge in [-0.25, -0.2) is 4.98 Å². The zero-order valence-electron chi connectivity index (χ0n) is 15.1. The maximum Gasteiger partial charge on any atom is 0.224 e. The van der Waals surface area contributed by atoms with Gasteiger partial charge < -0.3 is 11.1 Å². The third-order valence-corrected chi connectivity index (χ3v) is 5.48. The average Bonchev–Trinajstić information content (AvgIpc) is 3.12. The molecule has 1 amide bonds.